The van der Waals surface area contributed by atoms with Gasteiger partial charge in [0.2, 0.25) is 0 Å². The second kappa shape index (κ2) is 6.87. The molecule has 0 radical (unpaired) electrons. The number of rotatable bonds is 10. The number of nitrogens with zero attached hydrogens (tertiary/aromatic N) is 2. The lowest BCUT2D eigenvalue weighted by Gasteiger charge is -2.21. The number of nitrogens with one attached hydrogen (secondary N) is 1. The van der Waals surface area contributed by atoms with Crippen LogP contribution in [0.5, 0.6) is 0 Å². The van der Waals surface area contributed by atoms with E-state index >= 15 is 0 Å². The molecule has 0 spiro atoms. The number of ether oxygens (including phenoxy) is 1. The Kier molecular flexibility index (Phi) is 4.91. The van der Waals surface area contributed by atoms with Gasteiger partial charge < -0.3 is 15.0 Å². The molecular weight excluding hydrogens is 270 g/mol. The molecule has 4 nitrogen and oxygen atoms in total. The lowest BCUT2D eigenvalue weighted by molar-refractivity contribution is 0.199. The van der Waals surface area contributed by atoms with Crippen LogP contribution in [0.3, 0.4) is 0 Å². The Morgan fingerprint density at radius 2 is 2.00 bits per heavy atom. The normalized spacial score (nSPS) is 18.4. The van der Waals surface area contributed by atoms with Crippen molar-refractivity contribution in [2.45, 2.75) is 32.2 Å². The van der Waals surface area contributed by atoms with E-state index in [2.05, 4.69) is 15.2 Å². The van der Waals surface area contributed by atoms with Crippen LogP contribution < -0.4 is 10.2 Å². The van der Waals surface area contributed by atoms with Gasteiger partial charge in [0, 0.05) is 44.4 Å². The molecule has 2 saturated carbocycles. The molecule has 0 aromatic carbocycles. The minimum absolute atomic E-state index is 0.765. The third kappa shape index (κ3) is 4.43. The van der Waals surface area contributed by atoms with E-state index in [-0.39, 0.29) is 0 Å². The Morgan fingerprint density at radius 1 is 1.30 bits per heavy atom. The van der Waals surface area contributed by atoms with Crippen LogP contribution >= 0.6 is 11.3 Å². The molecule has 2 aliphatic rings. The van der Waals surface area contributed by atoms with Crippen LogP contribution in [0, 0.1) is 11.8 Å². The van der Waals surface area contributed by atoms with Crippen molar-refractivity contribution in [2.24, 2.45) is 11.8 Å². The van der Waals surface area contributed by atoms with Gasteiger partial charge in [-0.1, -0.05) is 0 Å². The Labute approximate surface area is 125 Å². The highest BCUT2D eigenvalue weighted by molar-refractivity contribution is 7.15. The van der Waals surface area contributed by atoms with Gasteiger partial charge in [-0.3, -0.25) is 0 Å². The van der Waals surface area contributed by atoms with Crippen molar-refractivity contribution in [3.8, 4) is 0 Å². The third-order valence-corrected chi connectivity index (χ3v) is 5.00. The van der Waals surface area contributed by atoms with Gasteiger partial charge in [-0.25, -0.2) is 4.98 Å². The van der Waals surface area contributed by atoms with Crippen LogP contribution in [-0.2, 0) is 11.3 Å². The maximum atomic E-state index is 5.04. The molecule has 1 aromatic rings. The average Bonchev–Trinajstić information content (AvgIpc) is 3.37. The van der Waals surface area contributed by atoms with Crippen molar-refractivity contribution in [1.29, 1.82) is 0 Å². The number of thiazole rings is 1. The molecule has 20 heavy (non-hydrogen) atoms. The molecule has 0 aliphatic heterocycles. The molecule has 112 valence electrons. The largest absolute Gasteiger partial charge is 0.383 e. The van der Waals surface area contributed by atoms with Gasteiger partial charge in [0.15, 0.2) is 5.13 Å². The first-order chi connectivity index (χ1) is 9.85. The first-order valence-corrected chi connectivity index (χ1v) is 8.56. The summed E-state index contributed by atoms with van der Waals surface area (Å²) in [5.74, 6) is 1.86. The molecule has 1 aromatic heterocycles. The van der Waals surface area contributed by atoms with Gasteiger partial charge in [-0.15, -0.1) is 11.3 Å². The standard InChI is InChI=1S/C15H25N3OS/c1-19-7-6-16-8-14-9-17-15(20-14)18(10-12-2-3-12)11-13-4-5-13/h9,12-13,16H,2-8,10-11H2,1H3. The van der Waals surface area contributed by atoms with Gasteiger partial charge in [0.25, 0.3) is 0 Å². The van der Waals surface area contributed by atoms with Gasteiger partial charge in [-0.2, -0.15) is 0 Å². The molecule has 5 heteroatoms. The quantitative estimate of drug-likeness (QED) is 0.673. The third-order valence-electron chi connectivity index (χ3n) is 3.95. The highest BCUT2D eigenvalue weighted by atomic mass is 32.1. The predicted molar refractivity (Wildman–Crippen MR) is 83.4 cm³/mol. The minimum Gasteiger partial charge on any atom is -0.383 e. The lowest BCUT2D eigenvalue weighted by Crippen LogP contribution is -2.27. The fourth-order valence-electron chi connectivity index (χ4n) is 2.37. The predicted octanol–water partition coefficient (Wildman–Crippen LogP) is 2.51. The zero-order valence-corrected chi connectivity index (χ0v) is 13.1. The smallest absolute Gasteiger partial charge is 0.185 e. The van der Waals surface area contributed by atoms with Crippen molar-refractivity contribution in [3.05, 3.63) is 11.1 Å². The van der Waals surface area contributed by atoms with E-state index in [1.165, 1.54) is 48.8 Å². The summed E-state index contributed by atoms with van der Waals surface area (Å²) in [6.07, 6.45) is 7.69. The highest BCUT2D eigenvalue weighted by Crippen LogP contribution is 2.36. The Balaban J connectivity index is 1.51. The summed E-state index contributed by atoms with van der Waals surface area (Å²) < 4.78 is 5.04. The molecule has 3 rings (SSSR count). The van der Waals surface area contributed by atoms with Crippen molar-refractivity contribution in [3.63, 3.8) is 0 Å². The SMILES string of the molecule is COCCNCc1cnc(N(CC2CC2)CC2CC2)s1. The monoisotopic (exact) mass is 295 g/mol. The number of methoxy groups -OCH3 is 1. The summed E-state index contributed by atoms with van der Waals surface area (Å²) >= 11 is 1.85. The maximum absolute atomic E-state index is 5.04. The van der Waals surface area contributed by atoms with Crippen LogP contribution in [0.2, 0.25) is 0 Å². The van der Waals surface area contributed by atoms with Gasteiger partial charge >= 0.3 is 0 Å². The molecule has 0 bridgehead atoms. The van der Waals surface area contributed by atoms with E-state index in [9.17, 15) is 0 Å². The van der Waals surface area contributed by atoms with E-state index in [0.717, 1.165) is 31.5 Å². The number of hydrogen-bond donors (Lipinski definition) is 1. The molecule has 0 saturated heterocycles. The van der Waals surface area contributed by atoms with Gasteiger partial charge in [0.05, 0.1) is 6.61 Å². The summed E-state index contributed by atoms with van der Waals surface area (Å²) in [6, 6.07) is 0. The van der Waals surface area contributed by atoms with E-state index in [0.29, 0.717) is 0 Å². The van der Waals surface area contributed by atoms with Crippen LogP contribution in [-0.4, -0.2) is 38.3 Å². The van der Waals surface area contributed by atoms with Crippen LogP contribution in [0.4, 0.5) is 5.13 Å². The fourth-order valence-corrected chi connectivity index (χ4v) is 3.26. The zero-order valence-electron chi connectivity index (χ0n) is 12.3. The van der Waals surface area contributed by atoms with E-state index in [1.54, 1.807) is 7.11 Å². The number of anilines is 1. The van der Waals surface area contributed by atoms with Crippen LogP contribution in [0.25, 0.3) is 0 Å². The fraction of sp³-hybridized carbons (Fsp3) is 0.800. The summed E-state index contributed by atoms with van der Waals surface area (Å²) in [5, 5.41) is 4.62. The first kappa shape index (κ1) is 14.3. The highest BCUT2D eigenvalue weighted by Gasteiger charge is 2.30. The summed E-state index contributed by atoms with van der Waals surface area (Å²) in [6.45, 7) is 5.02. The average molecular weight is 295 g/mol. The Hall–Kier alpha value is -0.650. The van der Waals surface area contributed by atoms with E-state index in [4.69, 9.17) is 4.74 Å². The molecule has 0 amide bonds. The van der Waals surface area contributed by atoms with Crippen molar-refractivity contribution in [1.82, 2.24) is 10.3 Å². The number of hydrogen-bond acceptors (Lipinski definition) is 5. The van der Waals surface area contributed by atoms with Crippen molar-refractivity contribution in [2.75, 3.05) is 38.3 Å². The number of aromatic nitrogens is 1. The maximum Gasteiger partial charge on any atom is 0.185 e. The van der Waals surface area contributed by atoms with Gasteiger partial charge in [0.1, 0.15) is 0 Å². The summed E-state index contributed by atoms with van der Waals surface area (Å²) in [7, 11) is 1.74. The summed E-state index contributed by atoms with van der Waals surface area (Å²) in [5.41, 5.74) is 0. The van der Waals surface area contributed by atoms with Crippen molar-refractivity contribution < 1.29 is 4.74 Å². The summed E-state index contributed by atoms with van der Waals surface area (Å²) in [4.78, 5) is 8.52. The molecular formula is C15H25N3OS. The molecule has 0 unspecified atom stereocenters. The molecule has 1 heterocycles. The van der Waals surface area contributed by atoms with E-state index < -0.39 is 0 Å². The minimum atomic E-state index is 0.765. The molecule has 0 atom stereocenters. The topological polar surface area (TPSA) is 37.4 Å². The van der Waals surface area contributed by atoms with Crippen molar-refractivity contribution >= 4 is 16.5 Å². The van der Waals surface area contributed by atoms with Crippen LogP contribution in [0.15, 0.2) is 6.20 Å². The lowest BCUT2D eigenvalue weighted by atomic mass is 10.3. The Morgan fingerprint density at radius 3 is 2.60 bits per heavy atom. The van der Waals surface area contributed by atoms with Crippen LogP contribution in [0.1, 0.15) is 30.6 Å². The molecule has 2 fully saturated rings. The first-order valence-electron chi connectivity index (χ1n) is 7.74. The second-order valence-corrected chi connectivity index (χ2v) is 7.16. The Bertz CT molecular complexity index is 401. The zero-order chi connectivity index (χ0) is 13.8. The van der Waals surface area contributed by atoms with E-state index in [1.807, 2.05) is 17.5 Å². The second-order valence-electron chi connectivity index (χ2n) is 6.07. The van der Waals surface area contributed by atoms with Gasteiger partial charge in [-0.05, 0) is 37.5 Å². The molecule has 1 N–H and O–H groups in total. The molecule has 2 aliphatic carbocycles.